The van der Waals surface area contributed by atoms with E-state index in [2.05, 4.69) is 18.5 Å². The van der Waals surface area contributed by atoms with Gasteiger partial charge in [0.25, 0.3) is 10.1 Å². The molecule has 0 atom stereocenters. The number of hydroxylamine groups is 1. The minimum atomic E-state index is -4.71. The molecule has 0 aliphatic carbocycles. The van der Waals surface area contributed by atoms with E-state index in [1.807, 2.05) is 61.5 Å². The third kappa shape index (κ3) is 15.6. The molecule has 0 heterocycles. The molecule has 2 aromatic carbocycles. The van der Waals surface area contributed by atoms with E-state index in [1.54, 1.807) is 44.2 Å². The Morgan fingerprint density at radius 1 is 0.955 bits per heavy atom. The predicted octanol–water partition coefficient (Wildman–Crippen LogP) is 9.47. The SMILES string of the molecule is C=C/C=C(\C)C(=O)C(=C)/C(=C\C)Nc1ccc(N(O)CCCC(=O)c2ccccc2)cc1S(=O)(=O)O.CC.CC.CC.CC. The molecule has 2 aromatic rings. The molecule has 2 rings (SSSR count). The average Bonchev–Trinajstić information content (AvgIpc) is 3.06. The molecule has 9 heteroatoms. The van der Waals surface area contributed by atoms with E-state index in [-0.39, 0.29) is 47.2 Å². The first kappa shape index (κ1) is 44.6. The zero-order valence-electron chi connectivity index (χ0n) is 28.3. The third-order valence-corrected chi connectivity index (χ3v) is 6.19. The summed E-state index contributed by atoms with van der Waals surface area (Å²) >= 11 is 0. The van der Waals surface area contributed by atoms with Gasteiger partial charge in [0.05, 0.1) is 11.4 Å². The number of carbonyl (C=O) groups excluding carboxylic acids is 2. The molecular formula is C35H54N2O6S. The molecular weight excluding hydrogens is 576 g/mol. The van der Waals surface area contributed by atoms with E-state index in [9.17, 15) is 27.8 Å². The van der Waals surface area contributed by atoms with Gasteiger partial charge >= 0.3 is 0 Å². The molecule has 0 aliphatic heterocycles. The molecule has 0 spiro atoms. The number of anilines is 2. The van der Waals surface area contributed by atoms with Crippen molar-refractivity contribution in [2.45, 2.75) is 87.0 Å². The van der Waals surface area contributed by atoms with Crippen LogP contribution < -0.4 is 10.4 Å². The summed E-state index contributed by atoms with van der Waals surface area (Å²) in [6, 6.07) is 12.6. The van der Waals surface area contributed by atoms with Crippen LogP contribution in [0.4, 0.5) is 11.4 Å². The number of carbonyl (C=O) groups is 2. The number of nitrogens with one attached hydrogen (secondary N) is 1. The lowest BCUT2D eigenvalue weighted by atomic mass is 10.0. The Hall–Kier alpha value is -3.79. The highest BCUT2D eigenvalue weighted by Gasteiger charge is 2.21. The third-order valence-electron chi connectivity index (χ3n) is 5.29. The second-order valence-electron chi connectivity index (χ2n) is 7.89. The van der Waals surface area contributed by atoms with Crippen molar-refractivity contribution in [2.24, 2.45) is 0 Å². The fourth-order valence-electron chi connectivity index (χ4n) is 3.35. The summed E-state index contributed by atoms with van der Waals surface area (Å²) in [5.41, 5.74) is 1.38. The number of nitrogens with zero attached hydrogens (tertiary/aromatic N) is 1. The van der Waals surface area contributed by atoms with E-state index in [1.165, 1.54) is 24.3 Å². The number of benzene rings is 2. The number of hydrogen-bond donors (Lipinski definition) is 3. The number of rotatable bonds is 13. The average molecular weight is 631 g/mol. The Bertz CT molecular complexity index is 1310. The maximum Gasteiger partial charge on any atom is 0.296 e. The molecule has 0 aliphatic rings. The van der Waals surface area contributed by atoms with Crippen molar-refractivity contribution >= 4 is 33.1 Å². The fraction of sp³-hybridized carbons (Fsp3) is 0.371. The molecule has 246 valence electrons. The van der Waals surface area contributed by atoms with Crippen molar-refractivity contribution in [3.8, 4) is 0 Å². The van der Waals surface area contributed by atoms with Crippen molar-refractivity contribution in [3.05, 3.63) is 102 Å². The molecule has 0 bridgehead atoms. The van der Waals surface area contributed by atoms with Gasteiger partial charge in [0, 0.05) is 29.8 Å². The Morgan fingerprint density at radius 3 is 1.98 bits per heavy atom. The van der Waals surface area contributed by atoms with Gasteiger partial charge in [0.15, 0.2) is 11.6 Å². The van der Waals surface area contributed by atoms with Crippen LogP contribution in [0.3, 0.4) is 0 Å². The van der Waals surface area contributed by atoms with Crippen LogP contribution >= 0.6 is 0 Å². The highest BCUT2D eigenvalue weighted by atomic mass is 32.2. The van der Waals surface area contributed by atoms with E-state index < -0.39 is 15.0 Å². The molecule has 0 unspecified atom stereocenters. The van der Waals surface area contributed by atoms with E-state index >= 15 is 0 Å². The molecule has 8 nitrogen and oxygen atoms in total. The van der Waals surface area contributed by atoms with Crippen LogP contribution in [-0.2, 0) is 14.9 Å². The van der Waals surface area contributed by atoms with E-state index in [0.29, 0.717) is 17.6 Å². The van der Waals surface area contributed by atoms with Crippen LogP contribution in [0.2, 0.25) is 0 Å². The van der Waals surface area contributed by atoms with Crippen LogP contribution in [0.5, 0.6) is 0 Å². The number of Topliss-reactive ketones (excluding diaryl/α,β-unsaturated/α-hetero) is 2. The van der Waals surface area contributed by atoms with Crippen LogP contribution in [0.15, 0.2) is 102 Å². The minimum Gasteiger partial charge on any atom is -0.354 e. The second-order valence-corrected chi connectivity index (χ2v) is 9.28. The van der Waals surface area contributed by atoms with E-state index in [0.717, 1.165) is 11.1 Å². The van der Waals surface area contributed by atoms with Crippen LogP contribution in [0, 0.1) is 0 Å². The molecule has 0 saturated carbocycles. The topological polar surface area (TPSA) is 124 Å². The molecule has 0 aromatic heterocycles. The number of hydrogen-bond acceptors (Lipinski definition) is 7. The quantitative estimate of drug-likeness (QED) is 0.0657. The first-order valence-corrected chi connectivity index (χ1v) is 16.6. The Labute approximate surface area is 266 Å². The minimum absolute atomic E-state index is 0.0127. The van der Waals surface area contributed by atoms with Gasteiger partial charge in [0.1, 0.15) is 4.90 Å². The van der Waals surface area contributed by atoms with Gasteiger partial charge in [-0.3, -0.25) is 24.4 Å². The summed E-state index contributed by atoms with van der Waals surface area (Å²) in [4.78, 5) is 24.3. The van der Waals surface area contributed by atoms with Crippen LogP contribution in [0.1, 0.15) is 92.4 Å². The van der Waals surface area contributed by atoms with Crippen LogP contribution in [-0.4, -0.2) is 36.3 Å². The normalized spacial score (nSPS) is 10.5. The van der Waals surface area contributed by atoms with Crippen molar-refractivity contribution in [1.29, 1.82) is 0 Å². The first-order valence-electron chi connectivity index (χ1n) is 15.1. The molecule has 0 radical (unpaired) electrons. The Morgan fingerprint density at radius 2 is 1.50 bits per heavy atom. The van der Waals surface area contributed by atoms with Gasteiger partial charge in [0.2, 0.25) is 0 Å². The first-order chi connectivity index (χ1) is 21.0. The zero-order chi connectivity index (χ0) is 34.9. The summed E-state index contributed by atoms with van der Waals surface area (Å²) in [5.74, 6) is -0.443. The lowest BCUT2D eigenvalue weighted by molar-refractivity contribution is -0.112. The van der Waals surface area contributed by atoms with E-state index in [4.69, 9.17) is 0 Å². The number of ketones is 2. The second kappa shape index (κ2) is 25.7. The van der Waals surface area contributed by atoms with Crippen molar-refractivity contribution in [2.75, 3.05) is 16.9 Å². The zero-order valence-corrected chi connectivity index (χ0v) is 29.1. The summed E-state index contributed by atoms with van der Waals surface area (Å²) < 4.78 is 34.0. The maximum atomic E-state index is 12.6. The van der Waals surface area contributed by atoms with Gasteiger partial charge in [-0.2, -0.15) is 8.42 Å². The van der Waals surface area contributed by atoms with Crippen molar-refractivity contribution in [3.63, 3.8) is 0 Å². The van der Waals surface area contributed by atoms with Gasteiger partial charge in [-0.1, -0.05) is 117 Å². The highest BCUT2D eigenvalue weighted by Crippen LogP contribution is 2.29. The summed E-state index contributed by atoms with van der Waals surface area (Å²) in [6.07, 6.45) is 5.05. The summed E-state index contributed by atoms with van der Waals surface area (Å²) in [5, 5.41) is 14.1. The van der Waals surface area contributed by atoms with Crippen LogP contribution in [0.25, 0.3) is 0 Å². The van der Waals surface area contributed by atoms with Gasteiger partial charge in [-0.05, 0) is 44.0 Å². The Balaban J connectivity index is -0.00000194. The molecule has 0 fully saturated rings. The van der Waals surface area contributed by atoms with Crippen molar-refractivity contribution in [1.82, 2.24) is 0 Å². The van der Waals surface area contributed by atoms with Crippen molar-refractivity contribution < 1.29 is 27.8 Å². The molecule has 44 heavy (non-hydrogen) atoms. The van der Waals surface area contributed by atoms with Gasteiger partial charge < -0.3 is 5.32 Å². The maximum absolute atomic E-state index is 12.6. The predicted molar refractivity (Wildman–Crippen MR) is 186 cm³/mol. The lowest BCUT2D eigenvalue weighted by Crippen LogP contribution is -2.21. The molecule has 0 amide bonds. The standard InChI is InChI=1S/C27H30N2O6S.4C2H6/c1-5-11-19(3)27(31)20(4)23(6-2)28-24-16-15-22(18-26(24)36(33,34)35)29(32)17-10-14-25(30)21-12-8-7-9-13-21;4*1-2/h5-9,11-13,15-16,18,28,32H,1,4,10,14,17H2,2-3H3,(H,33,34,35);4*1-2H3/b19-11+,23-6+;;;;. The lowest BCUT2D eigenvalue weighted by Gasteiger charge is -2.20. The molecule has 3 N–H and O–H groups in total. The monoisotopic (exact) mass is 630 g/mol. The smallest absolute Gasteiger partial charge is 0.296 e. The fourth-order valence-corrected chi connectivity index (χ4v) is 4.02. The number of allylic oxidation sites excluding steroid dienone is 5. The summed E-state index contributed by atoms with van der Waals surface area (Å²) in [6.45, 7) is 26.6. The van der Waals surface area contributed by atoms with Gasteiger partial charge in [-0.25, -0.2) is 0 Å². The highest BCUT2D eigenvalue weighted by molar-refractivity contribution is 7.86. The Kier molecular flexibility index (Phi) is 26.1. The van der Waals surface area contributed by atoms with Gasteiger partial charge in [-0.15, -0.1) is 0 Å². The largest absolute Gasteiger partial charge is 0.354 e. The molecule has 0 saturated heterocycles. The summed E-state index contributed by atoms with van der Waals surface area (Å²) in [7, 11) is -4.71.